The Labute approximate surface area is 244 Å². The molecule has 4 aromatic rings. The summed E-state index contributed by atoms with van der Waals surface area (Å²) in [4.78, 5) is 13.6. The number of piperidine rings is 1. The summed E-state index contributed by atoms with van der Waals surface area (Å²) in [6.07, 6.45) is 6.66. The fraction of sp³-hybridized carbons (Fsp3) is 0.387. The number of benzene rings is 2. The molecule has 2 saturated heterocycles. The molecule has 11 heteroatoms. The number of hydrogen-bond acceptors (Lipinski definition) is 9. The molecule has 9 nitrogen and oxygen atoms in total. The number of nitrogens with zero attached hydrogens (tertiary/aromatic N) is 3. The van der Waals surface area contributed by atoms with E-state index in [1.807, 2.05) is 19.1 Å². The summed E-state index contributed by atoms with van der Waals surface area (Å²) in [6, 6.07) is 12.2. The van der Waals surface area contributed by atoms with Crippen LogP contribution in [0.5, 0.6) is 11.6 Å². The number of pyridine rings is 1. The number of halogens is 1. The van der Waals surface area contributed by atoms with Gasteiger partial charge in [0, 0.05) is 42.5 Å². The maximum Gasteiger partial charge on any atom is 0.228 e. The molecule has 2 aromatic heterocycles. The first-order valence-electron chi connectivity index (χ1n) is 14.3. The lowest BCUT2D eigenvalue weighted by molar-refractivity contribution is 0.127. The average Bonchev–Trinajstić information content (AvgIpc) is 3.49. The highest BCUT2D eigenvalue weighted by atomic mass is 32.2. The molecule has 6 rings (SSSR count). The molecular weight excluding hydrogens is 557 g/mol. The highest BCUT2D eigenvalue weighted by Gasteiger charge is 2.26. The first kappa shape index (κ1) is 28.4. The maximum atomic E-state index is 15.1. The lowest BCUT2D eigenvalue weighted by atomic mass is 10.0. The second-order valence-electron chi connectivity index (χ2n) is 10.9. The number of fused-ring (bicyclic) bond motifs is 1. The van der Waals surface area contributed by atoms with Crippen molar-refractivity contribution in [1.82, 2.24) is 20.3 Å². The lowest BCUT2D eigenvalue weighted by Crippen LogP contribution is -2.38. The van der Waals surface area contributed by atoms with Gasteiger partial charge < -0.3 is 20.1 Å². The van der Waals surface area contributed by atoms with Crippen molar-refractivity contribution in [2.24, 2.45) is 0 Å². The van der Waals surface area contributed by atoms with E-state index in [9.17, 15) is 8.42 Å². The minimum Gasteiger partial charge on any atom is -0.437 e. The number of nitrogens with one attached hydrogen (secondary N) is 2. The van der Waals surface area contributed by atoms with Crippen LogP contribution < -0.4 is 15.4 Å². The Morgan fingerprint density at radius 2 is 1.95 bits per heavy atom. The number of anilines is 1. The molecule has 2 N–H and O–H groups in total. The van der Waals surface area contributed by atoms with Crippen LogP contribution in [-0.4, -0.2) is 61.0 Å². The predicted octanol–water partition coefficient (Wildman–Crippen LogP) is 5.19. The van der Waals surface area contributed by atoms with Crippen molar-refractivity contribution in [3.05, 3.63) is 71.8 Å². The van der Waals surface area contributed by atoms with Gasteiger partial charge in [0.05, 0.1) is 28.9 Å². The van der Waals surface area contributed by atoms with Crippen LogP contribution in [0.15, 0.2) is 54.9 Å². The van der Waals surface area contributed by atoms with Crippen molar-refractivity contribution in [3.63, 3.8) is 0 Å². The van der Waals surface area contributed by atoms with Crippen LogP contribution in [0.1, 0.15) is 36.8 Å². The number of hydrogen-bond donors (Lipinski definition) is 2. The van der Waals surface area contributed by atoms with Crippen molar-refractivity contribution in [1.29, 1.82) is 0 Å². The van der Waals surface area contributed by atoms with Gasteiger partial charge in [-0.2, -0.15) is 0 Å². The summed E-state index contributed by atoms with van der Waals surface area (Å²) in [5.74, 6) is 0.227. The van der Waals surface area contributed by atoms with Gasteiger partial charge in [-0.3, -0.25) is 0 Å². The summed E-state index contributed by atoms with van der Waals surface area (Å²) < 4.78 is 53.2. The molecule has 0 bridgehead atoms. The van der Waals surface area contributed by atoms with E-state index in [1.54, 1.807) is 36.7 Å². The Kier molecular flexibility index (Phi) is 8.32. The van der Waals surface area contributed by atoms with Gasteiger partial charge in [0.1, 0.15) is 11.6 Å². The highest BCUT2D eigenvalue weighted by Crippen LogP contribution is 2.38. The molecule has 2 aromatic carbocycles. The molecule has 0 aliphatic carbocycles. The van der Waals surface area contributed by atoms with Crippen LogP contribution in [0, 0.1) is 12.7 Å². The molecule has 4 heterocycles. The first-order valence-corrected chi connectivity index (χ1v) is 16.1. The van der Waals surface area contributed by atoms with E-state index in [2.05, 4.69) is 20.6 Å². The fourth-order valence-electron chi connectivity index (χ4n) is 5.64. The molecule has 42 heavy (non-hydrogen) atoms. The zero-order chi connectivity index (χ0) is 29.1. The van der Waals surface area contributed by atoms with Crippen molar-refractivity contribution < 1.29 is 22.3 Å². The number of aryl methyl sites for hydroxylation is 1. The molecule has 2 aliphatic rings. The molecule has 0 amide bonds. The van der Waals surface area contributed by atoms with Crippen LogP contribution in [0.4, 0.5) is 10.3 Å². The summed E-state index contributed by atoms with van der Waals surface area (Å²) in [6.45, 7) is 4.32. The number of ether oxygens (including phenoxy) is 2. The van der Waals surface area contributed by atoms with Crippen molar-refractivity contribution in [2.45, 2.75) is 50.5 Å². The molecule has 2 aliphatic heterocycles. The molecule has 220 valence electrons. The minimum atomic E-state index is -3.61. The number of aromatic nitrogens is 3. The Balaban J connectivity index is 1.32. The van der Waals surface area contributed by atoms with E-state index in [0.717, 1.165) is 37.9 Å². The van der Waals surface area contributed by atoms with Gasteiger partial charge in [0.15, 0.2) is 9.84 Å². The van der Waals surface area contributed by atoms with Crippen molar-refractivity contribution in [2.75, 3.05) is 30.8 Å². The molecule has 2 fully saturated rings. The monoisotopic (exact) mass is 591 g/mol. The normalized spacial score (nSPS) is 19.2. The second-order valence-corrected chi connectivity index (χ2v) is 13.0. The van der Waals surface area contributed by atoms with Gasteiger partial charge >= 0.3 is 0 Å². The van der Waals surface area contributed by atoms with E-state index in [0.29, 0.717) is 52.6 Å². The predicted molar refractivity (Wildman–Crippen MR) is 160 cm³/mol. The van der Waals surface area contributed by atoms with Gasteiger partial charge in [-0.25, -0.2) is 27.8 Å². The third-order valence-electron chi connectivity index (χ3n) is 7.76. The van der Waals surface area contributed by atoms with Crippen LogP contribution >= 0.6 is 0 Å². The van der Waals surface area contributed by atoms with Crippen LogP contribution in [0.2, 0.25) is 0 Å². The van der Waals surface area contributed by atoms with E-state index in [1.165, 1.54) is 6.07 Å². The van der Waals surface area contributed by atoms with Crippen molar-refractivity contribution >= 4 is 26.6 Å². The largest absolute Gasteiger partial charge is 0.437 e. The van der Waals surface area contributed by atoms with Crippen LogP contribution in [0.25, 0.3) is 22.0 Å². The Morgan fingerprint density at radius 3 is 2.76 bits per heavy atom. The Hall–Kier alpha value is -3.67. The topological polar surface area (TPSA) is 115 Å². The highest BCUT2D eigenvalue weighted by molar-refractivity contribution is 7.90. The molecular formula is C31H34FN5O4S. The zero-order valence-electron chi connectivity index (χ0n) is 23.5. The molecule has 0 unspecified atom stereocenters. The molecule has 2 atom stereocenters. The average molecular weight is 592 g/mol. The van der Waals surface area contributed by atoms with E-state index < -0.39 is 21.4 Å². The van der Waals surface area contributed by atoms with E-state index in [-0.39, 0.29) is 23.5 Å². The van der Waals surface area contributed by atoms with Crippen molar-refractivity contribution in [3.8, 4) is 22.9 Å². The first-order chi connectivity index (χ1) is 20.4. The SMILES string of the molecule is Cc1ccc2c(CS(=O)(=O)C[C@H]3CCCO3)c(F)ccc2c1Oc1ncccc1-c1ccnc(N[C@H]2CCCNC2)n1. The van der Waals surface area contributed by atoms with E-state index in [4.69, 9.17) is 14.5 Å². The van der Waals surface area contributed by atoms with Crippen LogP contribution in [0.3, 0.4) is 0 Å². The maximum absolute atomic E-state index is 15.1. The molecule has 0 saturated carbocycles. The number of rotatable bonds is 9. The van der Waals surface area contributed by atoms with Crippen LogP contribution in [-0.2, 0) is 20.3 Å². The van der Waals surface area contributed by atoms with Gasteiger partial charge in [0.2, 0.25) is 11.8 Å². The van der Waals surface area contributed by atoms with Gasteiger partial charge in [-0.05, 0) is 80.4 Å². The summed E-state index contributed by atoms with van der Waals surface area (Å²) in [7, 11) is -3.61. The summed E-state index contributed by atoms with van der Waals surface area (Å²) in [5, 5.41) is 7.88. The minimum absolute atomic E-state index is 0.123. The molecule has 0 spiro atoms. The molecule has 0 radical (unpaired) electrons. The van der Waals surface area contributed by atoms with Gasteiger partial charge in [0.25, 0.3) is 0 Å². The lowest BCUT2D eigenvalue weighted by Gasteiger charge is -2.23. The van der Waals surface area contributed by atoms with Gasteiger partial charge in [-0.15, -0.1) is 0 Å². The third-order valence-corrected chi connectivity index (χ3v) is 9.37. The Bertz CT molecular complexity index is 1690. The summed E-state index contributed by atoms with van der Waals surface area (Å²) >= 11 is 0. The number of sulfone groups is 1. The smallest absolute Gasteiger partial charge is 0.228 e. The second kappa shape index (κ2) is 12.3. The third kappa shape index (κ3) is 6.38. The zero-order valence-corrected chi connectivity index (χ0v) is 24.3. The quantitative estimate of drug-likeness (QED) is 0.271. The van der Waals surface area contributed by atoms with Gasteiger partial charge in [-0.1, -0.05) is 12.1 Å². The standard InChI is InChI=1S/C31H34FN5O4S/c1-20-8-9-23-24(10-11-27(32)26(23)19-42(38,39)18-22-6-4-16-40-22)29(20)41-30-25(7-3-14-34-30)28-12-15-35-31(37-28)36-21-5-2-13-33-17-21/h3,7-12,14-15,21-22,33H,2,4-6,13,16-19H2,1H3,(H,35,36,37)/t21-,22+/m0/s1. The summed E-state index contributed by atoms with van der Waals surface area (Å²) in [5.41, 5.74) is 2.24. The Morgan fingerprint density at radius 1 is 1.07 bits per heavy atom. The van der Waals surface area contributed by atoms with E-state index >= 15 is 4.39 Å². The fourth-order valence-corrected chi connectivity index (χ4v) is 7.32.